The maximum atomic E-state index is 12.6. The summed E-state index contributed by atoms with van der Waals surface area (Å²) in [6.45, 7) is 3.80. The van der Waals surface area contributed by atoms with E-state index in [-0.39, 0.29) is 5.43 Å². The number of aryl methyl sites for hydroxylation is 1. The Kier molecular flexibility index (Phi) is 3.11. The third-order valence-corrected chi connectivity index (χ3v) is 3.93. The number of fused-ring (bicyclic) bond motifs is 1. The van der Waals surface area contributed by atoms with Crippen molar-refractivity contribution < 1.29 is 0 Å². The van der Waals surface area contributed by atoms with Gasteiger partial charge in [0.1, 0.15) is 0 Å². The molecule has 1 heterocycles. The maximum absolute atomic E-state index is 12.6. The summed E-state index contributed by atoms with van der Waals surface area (Å²) in [5.41, 5.74) is 4.37. The molecule has 0 spiro atoms. The van der Waals surface area contributed by atoms with Crippen LogP contribution in [0.3, 0.4) is 0 Å². The SMILES string of the molecule is Cc1c(-c2ccccc2)[nH]c2c(C)ccc(Cl)c2c1=O. The molecule has 100 valence electrons. The highest BCUT2D eigenvalue weighted by molar-refractivity contribution is 6.35. The minimum atomic E-state index is -0.00805. The van der Waals surface area contributed by atoms with Gasteiger partial charge >= 0.3 is 0 Å². The maximum Gasteiger partial charge on any atom is 0.194 e. The minimum absolute atomic E-state index is 0.00805. The van der Waals surface area contributed by atoms with Gasteiger partial charge in [0.2, 0.25) is 0 Å². The fourth-order valence-corrected chi connectivity index (χ4v) is 2.72. The van der Waals surface area contributed by atoms with E-state index in [1.54, 1.807) is 6.07 Å². The molecule has 3 heteroatoms. The topological polar surface area (TPSA) is 32.9 Å². The van der Waals surface area contributed by atoms with Gasteiger partial charge in [-0.1, -0.05) is 48.0 Å². The van der Waals surface area contributed by atoms with Gasteiger partial charge < -0.3 is 4.98 Å². The Bertz CT molecular complexity index is 850. The van der Waals surface area contributed by atoms with Crippen LogP contribution in [-0.2, 0) is 0 Å². The Hall–Kier alpha value is -2.06. The van der Waals surface area contributed by atoms with Crippen molar-refractivity contribution in [3.05, 3.63) is 68.8 Å². The van der Waals surface area contributed by atoms with E-state index in [0.717, 1.165) is 22.3 Å². The lowest BCUT2D eigenvalue weighted by molar-refractivity contribution is 1.28. The van der Waals surface area contributed by atoms with Crippen molar-refractivity contribution in [3.63, 3.8) is 0 Å². The van der Waals surface area contributed by atoms with E-state index >= 15 is 0 Å². The second-order valence-electron chi connectivity index (χ2n) is 4.93. The van der Waals surface area contributed by atoms with Crippen molar-refractivity contribution >= 4 is 22.5 Å². The predicted molar refractivity (Wildman–Crippen MR) is 84.5 cm³/mol. The fourth-order valence-electron chi connectivity index (χ4n) is 2.48. The smallest absolute Gasteiger partial charge is 0.194 e. The van der Waals surface area contributed by atoms with Gasteiger partial charge in [0.25, 0.3) is 0 Å². The average molecular weight is 284 g/mol. The number of halogens is 1. The van der Waals surface area contributed by atoms with Crippen LogP contribution in [-0.4, -0.2) is 4.98 Å². The molecule has 0 saturated carbocycles. The van der Waals surface area contributed by atoms with Crippen molar-refractivity contribution in [2.45, 2.75) is 13.8 Å². The molecule has 0 aliphatic heterocycles. The molecule has 0 aliphatic rings. The van der Waals surface area contributed by atoms with Gasteiger partial charge in [-0.3, -0.25) is 4.79 Å². The summed E-state index contributed by atoms with van der Waals surface area (Å²) < 4.78 is 0. The molecular formula is C17H14ClNO. The number of benzene rings is 2. The molecule has 1 N–H and O–H groups in total. The first-order valence-corrected chi connectivity index (χ1v) is 6.84. The van der Waals surface area contributed by atoms with Crippen LogP contribution in [0.25, 0.3) is 22.2 Å². The third kappa shape index (κ3) is 1.93. The van der Waals surface area contributed by atoms with E-state index in [4.69, 9.17) is 11.6 Å². The van der Waals surface area contributed by atoms with E-state index in [2.05, 4.69) is 4.98 Å². The van der Waals surface area contributed by atoms with Crippen LogP contribution in [0.5, 0.6) is 0 Å². The van der Waals surface area contributed by atoms with Gasteiger partial charge in [-0.25, -0.2) is 0 Å². The quantitative estimate of drug-likeness (QED) is 0.702. The molecule has 2 nitrogen and oxygen atoms in total. The Morgan fingerprint density at radius 3 is 2.40 bits per heavy atom. The molecule has 20 heavy (non-hydrogen) atoms. The van der Waals surface area contributed by atoms with Crippen molar-refractivity contribution in [1.29, 1.82) is 0 Å². The van der Waals surface area contributed by atoms with Crippen LogP contribution < -0.4 is 5.43 Å². The first-order valence-electron chi connectivity index (χ1n) is 6.46. The van der Waals surface area contributed by atoms with Gasteiger partial charge in [-0.2, -0.15) is 0 Å². The molecular weight excluding hydrogens is 270 g/mol. The van der Waals surface area contributed by atoms with Gasteiger partial charge in [-0.15, -0.1) is 0 Å². The number of aromatic nitrogens is 1. The van der Waals surface area contributed by atoms with Crippen LogP contribution in [0.15, 0.2) is 47.3 Å². The Labute approximate surface area is 122 Å². The lowest BCUT2D eigenvalue weighted by Crippen LogP contribution is -2.10. The molecule has 0 amide bonds. The van der Waals surface area contributed by atoms with Gasteiger partial charge in [0.05, 0.1) is 21.6 Å². The molecule has 0 fully saturated rings. The van der Waals surface area contributed by atoms with Gasteiger partial charge in [0, 0.05) is 5.56 Å². The molecule has 0 aliphatic carbocycles. The molecule has 0 saturated heterocycles. The van der Waals surface area contributed by atoms with Crippen molar-refractivity contribution in [2.24, 2.45) is 0 Å². The fraction of sp³-hybridized carbons (Fsp3) is 0.118. The molecule has 0 bridgehead atoms. The summed E-state index contributed by atoms with van der Waals surface area (Å²) >= 11 is 6.18. The molecule has 1 aromatic heterocycles. The van der Waals surface area contributed by atoms with Crippen LogP contribution in [0.1, 0.15) is 11.1 Å². The highest BCUT2D eigenvalue weighted by Gasteiger charge is 2.13. The van der Waals surface area contributed by atoms with E-state index in [1.807, 2.05) is 50.2 Å². The summed E-state index contributed by atoms with van der Waals surface area (Å²) in [6.07, 6.45) is 0. The summed E-state index contributed by atoms with van der Waals surface area (Å²) in [6, 6.07) is 13.6. The molecule has 3 rings (SSSR count). The normalized spacial score (nSPS) is 10.9. The number of H-pyrrole nitrogens is 1. The summed E-state index contributed by atoms with van der Waals surface area (Å²) in [5, 5.41) is 1.07. The van der Waals surface area contributed by atoms with Crippen LogP contribution in [0.2, 0.25) is 5.02 Å². The minimum Gasteiger partial charge on any atom is -0.354 e. The Morgan fingerprint density at radius 1 is 1.00 bits per heavy atom. The molecule has 3 aromatic rings. The third-order valence-electron chi connectivity index (χ3n) is 3.62. The van der Waals surface area contributed by atoms with Crippen LogP contribution >= 0.6 is 11.6 Å². The largest absolute Gasteiger partial charge is 0.354 e. The zero-order chi connectivity index (χ0) is 14.3. The van der Waals surface area contributed by atoms with E-state index in [9.17, 15) is 4.79 Å². The second-order valence-corrected chi connectivity index (χ2v) is 5.34. The summed E-state index contributed by atoms with van der Waals surface area (Å²) in [7, 11) is 0. The number of hydrogen-bond acceptors (Lipinski definition) is 1. The lowest BCUT2D eigenvalue weighted by atomic mass is 10.0. The number of aromatic amines is 1. The first kappa shape index (κ1) is 12.9. The summed E-state index contributed by atoms with van der Waals surface area (Å²) in [5.74, 6) is 0. The second kappa shape index (κ2) is 4.80. The molecule has 0 unspecified atom stereocenters. The van der Waals surface area contributed by atoms with Crippen LogP contribution in [0, 0.1) is 13.8 Å². The van der Waals surface area contributed by atoms with E-state index in [0.29, 0.717) is 16.0 Å². The van der Waals surface area contributed by atoms with E-state index in [1.165, 1.54) is 0 Å². The van der Waals surface area contributed by atoms with Gasteiger partial charge in [-0.05, 0) is 31.0 Å². The van der Waals surface area contributed by atoms with Crippen molar-refractivity contribution in [1.82, 2.24) is 4.98 Å². The summed E-state index contributed by atoms with van der Waals surface area (Å²) in [4.78, 5) is 16.0. The highest BCUT2D eigenvalue weighted by atomic mass is 35.5. The first-order chi connectivity index (χ1) is 9.59. The predicted octanol–water partition coefficient (Wildman–Crippen LogP) is 4.47. The van der Waals surface area contributed by atoms with Crippen LogP contribution in [0.4, 0.5) is 0 Å². The molecule has 0 atom stereocenters. The molecule has 2 aromatic carbocycles. The van der Waals surface area contributed by atoms with E-state index < -0.39 is 0 Å². The number of nitrogens with one attached hydrogen (secondary N) is 1. The van der Waals surface area contributed by atoms with Crippen molar-refractivity contribution in [2.75, 3.05) is 0 Å². The zero-order valence-electron chi connectivity index (χ0n) is 11.3. The van der Waals surface area contributed by atoms with Gasteiger partial charge in [0.15, 0.2) is 5.43 Å². The zero-order valence-corrected chi connectivity index (χ0v) is 12.1. The average Bonchev–Trinajstić information content (AvgIpc) is 2.47. The number of pyridine rings is 1. The lowest BCUT2D eigenvalue weighted by Gasteiger charge is -2.11. The monoisotopic (exact) mass is 283 g/mol. The Balaban J connectivity index is 2.46. The number of rotatable bonds is 1. The number of hydrogen-bond donors (Lipinski definition) is 1. The van der Waals surface area contributed by atoms with Crippen molar-refractivity contribution in [3.8, 4) is 11.3 Å². The molecule has 0 radical (unpaired) electrons. The highest BCUT2D eigenvalue weighted by Crippen LogP contribution is 2.27. The Morgan fingerprint density at radius 2 is 1.70 bits per heavy atom. The standard InChI is InChI=1S/C17H14ClNO/c1-10-8-9-13(18)14-15(10)19-16(11(2)17(14)20)12-6-4-3-5-7-12/h3-9H,1-2H3,(H,19,20).